The van der Waals surface area contributed by atoms with E-state index >= 15 is 0 Å². The number of alkyl halides is 3. The number of halogens is 3. The Morgan fingerprint density at radius 1 is 1.41 bits per heavy atom. The van der Waals surface area contributed by atoms with E-state index in [2.05, 4.69) is 9.97 Å². The number of nitrogen functional groups attached to an aromatic ring is 1. The number of ether oxygens (including phenoxy) is 1. The van der Waals surface area contributed by atoms with E-state index in [4.69, 9.17) is 10.5 Å². The largest absolute Gasteiger partial charge is 0.435 e. The summed E-state index contributed by atoms with van der Waals surface area (Å²) in [6.45, 7) is 0.999. The van der Waals surface area contributed by atoms with Crippen molar-refractivity contribution in [3.8, 4) is 0 Å². The second kappa shape index (κ2) is 4.48. The summed E-state index contributed by atoms with van der Waals surface area (Å²) in [7, 11) is 0. The second-order valence-electron chi connectivity index (χ2n) is 3.94. The molecule has 1 saturated heterocycles. The van der Waals surface area contributed by atoms with E-state index in [9.17, 15) is 13.2 Å². The zero-order valence-electron chi connectivity index (χ0n) is 9.00. The van der Waals surface area contributed by atoms with E-state index in [0.29, 0.717) is 13.2 Å². The van der Waals surface area contributed by atoms with E-state index in [0.717, 1.165) is 19.0 Å². The van der Waals surface area contributed by atoms with Crippen molar-refractivity contribution in [1.82, 2.24) is 9.97 Å². The fourth-order valence-electron chi connectivity index (χ4n) is 1.77. The minimum absolute atomic E-state index is 0.159. The summed E-state index contributed by atoms with van der Waals surface area (Å²) in [6.07, 6.45) is -1.99. The van der Waals surface area contributed by atoms with Crippen molar-refractivity contribution < 1.29 is 17.9 Å². The van der Waals surface area contributed by atoms with Gasteiger partial charge in [-0.1, -0.05) is 0 Å². The van der Waals surface area contributed by atoms with Crippen LogP contribution in [0.1, 0.15) is 30.3 Å². The van der Waals surface area contributed by atoms with Crippen LogP contribution >= 0.6 is 0 Å². The third-order valence-corrected chi connectivity index (χ3v) is 2.63. The van der Waals surface area contributed by atoms with Crippen molar-refractivity contribution in [1.29, 1.82) is 0 Å². The molecule has 1 unspecified atom stereocenters. The Kier molecular flexibility index (Phi) is 3.19. The molecule has 1 aliphatic heterocycles. The molecule has 4 nitrogen and oxygen atoms in total. The maximum Gasteiger partial charge on any atom is 0.435 e. The average Bonchev–Trinajstić information content (AvgIpc) is 2.29. The van der Waals surface area contributed by atoms with Gasteiger partial charge in [0.05, 0.1) is 18.5 Å². The minimum atomic E-state index is -4.54. The van der Waals surface area contributed by atoms with Gasteiger partial charge in [-0.3, -0.25) is 0 Å². The Bertz CT molecular complexity index is 402. The van der Waals surface area contributed by atoms with E-state index in [-0.39, 0.29) is 11.7 Å². The molecule has 1 aliphatic rings. The Morgan fingerprint density at radius 2 is 2.18 bits per heavy atom. The maximum absolute atomic E-state index is 12.6. The first-order chi connectivity index (χ1) is 7.98. The van der Waals surface area contributed by atoms with Crippen molar-refractivity contribution in [3.63, 3.8) is 0 Å². The molecule has 1 aromatic heterocycles. The fourth-order valence-corrected chi connectivity index (χ4v) is 1.77. The molecule has 17 heavy (non-hydrogen) atoms. The molecule has 0 spiro atoms. The van der Waals surface area contributed by atoms with Crippen molar-refractivity contribution in [2.45, 2.75) is 24.9 Å². The molecule has 1 atom stereocenters. The van der Waals surface area contributed by atoms with Crippen molar-refractivity contribution in [3.05, 3.63) is 17.7 Å². The number of anilines is 1. The molecule has 2 heterocycles. The molecule has 2 N–H and O–H groups in total. The molecule has 2 rings (SSSR count). The van der Waals surface area contributed by atoms with E-state index in [1.165, 1.54) is 0 Å². The van der Waals surface area contributed by atoms with Gasteiger partial charge in [0.25, 0.3) is 0 Å². The van der Waals surface area contributed by atoms with Crippen molar-refractivity contribution in [2.24, 2.45) is 0 Å². The first-order valence-electron chi connectivity index (χ1n) is 5.26. The molecule has 0 bridgehead atoms. The highest BCUT2D eigenvalue weighted by Gasteiger charge is 2.36. The third kappa shape index (κ3) is 2.66. The molecular formula is C10H12F3N3O. The fraction of sp³-hybridized carbons (Fsp3) is 0.600. The predicted octanol–water partition coefficient (Wildman–Crippen LogP) is 1.97. The van der Waals surface area contributed by atoms with Crippen LogP contribution < -0.4 is 5.73 Å². The van der Waals surface area contributed by atoms with Gasteiger partial charge in [0.1, 0.15) is 5.82 Å². The van der Waals surface area contributed by atoms with Gasteiger partial charge >= 0.3 is 6.18 Å². The van der Waals surface area contributed by atoms with Gasteiger partial charge < -0.3 is 10.5 Å². The third-order valence-electron chi connectivity index (χ3n) is 2.63. The number of rotatable bonds is 1. The lowest BCUT2D eigenvalue weighted by Gasteiger charge is -2.21. The van der Waals surface area contributed by atoms with Crippen LogP contribution in [0.5, 0.6) is 0 Å². The molecule has 1 fully saturated rings. The van der Waals surface area contributed by atoms with Crippen LogP contribution in [0.25, 0.3) is 0 Å². The van der Waals surface area contributed by atoms with Gasteiger partial charge in [0.15, 0.2) is 5.69 Å². The molecule has 7 heteroatoms. The SMILES string of the molecule is Nc1cnc(C2CCCOC2)nc1C(F)(F)F. The van der Waals surface area contributed by atoms with Gasteiger partial charge in [-0.05, 0) is 12.8 Å². The molecule has 0 amide bonds. The summed E-state index contributed by atoms with van der Waals surface area (Å²) in [5.74, 6) is -0.0170. The Morgan fingerprint density at radius 3 is 2.76 bits per heavy atom. The first kappa shape index (κ1) is 12.1. The molecule has 1 aromatic rings. The highest BCUT2D eigenvalue weighted by molar-refractivity contribution is 5.42. The van der Waals surface area contributed by atoms with E-state index in [1.807, 2.05) is 0 Å². The highest BCUT2D eigenvalue weighted by atomic mass is 19.4. The number of aromatic nitrogens is 2. The highest BCUT2D eigenvalue weighted by Crippen LogP contribution is 2.33. The number of hydrogen-bond donors (Lipinski definition) is 1. The van der Waals surface area contributed by atoms with Gasteiger partial charge in [0, 0.05) is 12.5 Å². The Labute approximate surface area is 96.0 Å². The van der Waals surface area contributed by atoms with Crippen LogP contribution in [0, 0.1) is 0 Å². The quantitative estimate of drug-likeness (QED) is 0.824. The monoisotopic (exact) mass is 247 g/mol. The lowest BCUT2D eigenvalue weighted by Crippen LogP contribution is -2.21. The molecular weight excluding hydrogens is 235 g/mol. The number of nitrogens with two attached hydrogens (primary N) is 1. The predicted molar refractivity (Wildman–Crippen MR) is 54.2 cm³/mol. The molecule has 0 aliphatic carbocycles. The Hall–Kier alpha value is -1.37. The summed E-state index contributed by atoms with van der Waals surface area (Å²) >= 11 is 0. The maximum atomic E-state index is 12.6. The van der Waals surface area contributed by atoms with E-state index < -0.39 is 17.6 Å². The van der Waals surface area contributed by atoms with Gasteiger partial charge in [0.2, 0.25) is 0 Å². The number of hydrogen-bond acceptors (Lipinski definition) is 4. The normalized spacial score (nSPS) is 21.5. The molecule has 0 saturated carbocycles. The lowest BCUT2D eigenvalue weighted by atomic mass is 10.0. The van der Waals surface area contributed by atoms with Gasteiger partial charge in [-0.25, -0.2) is 9.97 Å². The van der Waals surface area contributed by atoms with Gasteiger partial charge in [-0.2, -0.15) is 13.2 Å². The second-order valence-corrected chi connectivity index (χ2v) is 3.94. The summed E-state index contributed by atoms with van der Waals surface area (Å²) < 4.78 is 43.0. The van der Waals surface area contributed by atoms with Crippen LogP contribution in [0.15, 0.2) is 6.20 Å². The first-order valence-corrected chi connectivity index (χ1v) is 5.26. The minimum Gasteiger partial charge on any atom is -0.396 e. The topological polar surface area (TPSA) is 61.0 Å². The van der Waals surface area contributed by atoms with Crippen LogP contribution in [-0.4, -0.2) is 23.2 Å². The molecule has 0 radical (unpaired) electrons. The van der Waals surface area contributed by atoms with Crippen LogP contribution in [0.4, 0.5) is 18.9 Å². The standard InChI is InChI=1S/C10H12F3N3O/c11-10(12,13)8-7(14)4-15-9(16-8)6-2-1-3-17-5-6/h4,6H,1-3,5,14H2. The molecule has 0 aromatic carbocycles. The summed E-state index contributed by atoms with van der Waals surface area (Å²) in [5.41, 5.74) is 3.72. The summed E-state index contributed by atoms with van der Waals surface area (Å²) in [5, 5.41) is 0. The number of nitrogens with zero attached hydrogens (tertiary/aromatic N) is 2. The van der Waals surface area contributed by atoms with Crippen LogP contribution in [0.3, 0.4) is 0 Å². The van der Waals surface area contributed by atoms with Crippen molar-refractivity contribution >= 4 is 5.69 Å². The van der Waals surface area contributed by atoms with E-state index in [1.54, 1.807) is 0 Å². The smallest absolute Gasteiger partial charge is 0.396 e. The zero-order valence-corrected chi connectivity index (χ0v) is 9.00. The summed E-state index contributed by atoms with van der Waals surface area (Å²) in [6, 6.07) is 0. The average molecular weight is 247 g/mol. The van der Waals surface area contributed by atoms with Crippen LogP contribution in [0.2, 0.25) is 0 Å². The van der Waals surface area contributed by atoms with Crippen LogP contribution in [-0.2, 0) is 10.9 Å². The Balaban J connectivity index is 2.30. The molecule has 94 valence electrons. The zero-order chi connectivity index (χ0) is 12.5. The summed E-state index contributed by atoms with van der Waals surface area (Å²) in [4.78, 5) is 7.39. The van der Waals surface area contributed by atoms with Crippen molar-refractivity contribution in [2.75, 3.05) is 18.9 Å². The van der Waals surface area contributed by atoms with Gasteiger partial charge in [-0.15, -0.1) is 0 Å². The lowest BCUT2D eigenvalue weighted by molar-refractivity contribution is -0.140.